The number of nitrogens with one attached hydrogen (secondary N) is 1. The fourth-order valence-electron chi connectivity index (χ4n) is 5.42. The van der Waals surface area contributed by atoms with Crippen LogP contribution in [0, 0.1) is 11.8 Å². The van der Waals surface area contributed by atoms with Crippen molar-refractivity contribution in [2.45, 2.75) is 83.7 Å². The molecule has 2 unspecified atom stereocenters. The maximum atomic E-state index is 3.58. The average Bonchev–Trinajstić information content (AvgIpc) is 2.41. The van der Waals surface area contributed by atoms with Crippen molar-refractivity contribution >= 4 is 0 Å². The second-order valence-electron chi connectivity index (χ2n) is 9.28. The third-order valence-corrected chi connectivity index (χ3v) is 6.42. The second-order valence-corrected chi connectivity index (χ2v) is 9.28. The third kappa shape index (κ3) is 3.59. The van der Waals surface area contributed by atoms with E-state index < -0.39 is 0 Å². The molecule has 2 nitrogen and oxygen atoms in total. The molecule has 3 rings (SSSR count). The van der Waals surface area contributed by atoms with E-state index in [1.54, 1.807) is 5.57 Å². The molecule has 0 amide bonds. The zero-order valence-electron chi connectivity index (χ0n) is 15.3. The molecule has 1 aliphatic carbocycles. The molecule has 0 aromatic carbocycles. The van der Waals surface area contributed by atoms with E-state index >= 15 is 0 Å². The highest BCUT2D eigenvalue weighted by molar-refractivity contribution is 5.12. The number of hydrogen-bond donors (Lipinski definition) is 1. The van der Waals surface area contributed by atoms with Gasteiger partial charge in [0.25, 0.3) is 0 Å². The number of allylic oxidation sites excluding steroid dienone is 1. The third-order valence-electron chi connectivity index (χ3n) is 6.42. The lowest BCUT2D eigenvalue weighted by Gasteiger charge is -2.53. The van der Waals surface area contributed by atoms with Gasteiger partial charge in [0.2, 0.25) is 0 Å². The first-order chi connectivity index (χ1) is 10.4. The lowest BCUT2D eigenvalue weighted by atomic mass is 9.78. The Morgan fingerprint density at radius 2 is 1.86 bits per heavy atom. The van der Waals surface area contributed by atoms with Crippen LogP contribution in [0.25, 0.3) is 0 Å². The van der Waals surface area contributed by atoms with Crippen LogP contribution in [0.2, 0.25) is 0 Å². The molecule has 2 saturated heterocycles. The van der Waals surface area contributed by atoms with Gasteiger partial charge in [0.15, 0.2) is 0 Å². The van der Waals surface area contributed by atoms with E-state index in [1.165, 1.54) is 64.6 Å². The molecule has 2 heteroatoms. The molecule has 1 N–H and O–H groups in total. The van der Waals surface area contributed by atoms with Crippen LogP contribution in [0.4, 0.5) is 0 Å². The first-order valence-electron chi connectivity index (χ1n) is 9.55. The van der Waals surface area contributed by atoms with Crippen molar-refractivity contribution in [2.75, 3.05) is 19.6 Å². The minimum Gasteiger partial charge on any atom is -0.316 e. The normalized spacial score (nSPS) is 34.3. The smallest absolute Gasteiger partial charge is 0.0158 e. The summed E-state index contributed by atoms with van der Waals surface area (Å²) in [5, 5.41) is 3.58. The Bertz CT molecular complexity index is 405. The van der Waals surface area contributed by atoms with Gasteiger partial charge in [-0.1, -0.05) is 11.6 Å². The molecule has 2 fully saturated rings. The largest absolute Gasteiger partial charge is 0.316 e. The van der Waals surface area contributed by atoms with E-state index in [9.17, 15) is 0 Å². The minimum atomic E-state index is 0.378. The fraction of sp³-hybridized carbons (Fsp3) is 0.900. The summed E-state index contributed by atoms with van der Waals surface area (Å²) in [6.07, 6.45) is 12.2. The number of hydrogen-bond acceptors (Lipinski definition) is 2. The molecule has 2 atom stereocenters. The van der Waals surface area contributed by atoms with Crippen molar-refractivity contribution in [1.29, 1.82) is 0 Å². The van der Waals surface area contributed by atoms with Crippen LogP contribution in [-0.2, 0) is 0 Å². The summed E-state index contributed by atoms with van der Waals surface area (Å²) < 4.78 is 0. The topological polar surface area (TPSA) is 15.3 Å². The molecule has 0 spiro atoms. The minimum absolute atomic E-state index is 0.378. The number of rotatable bonds is 4. The Morgan fingerprint density at radius 3 is 2.55 bits per heavy atom. The Morgan fingerprint density at radius 1 is 1.14 bits per heavy atom. The summed E-state index contributed by atoms with van der Waals surface area (Å²) in [7, 11) is 0. The highest BCUT2D eigenvalue weighted by atomic mass is 15.3. The van der Waals surface area contributed by atoms with E-state index in [-0.39, 0.29) is 0 Å². The number of likely N-dealkylation sites (tertiary alicyclic amines) is 1. The van der Waals surface area contributed by atoms with Crippen molar-refractivity contribution in [3.8, 4) is 0 Å². The lowest BCUT2D eigenvalue weighted by molar-refractivity contribution is -0.0272. The van der Waals surface area contributed by atoms with Crippen molar-refractivity contribution in [1.82, 2.24) is 10.2 Å². The lowest BCUT2D eigenvalue weighted by Crippen LogP contribution is -2.58. The van der Waals surface area contributed by atoms with Gasteiger partial charge in [0.05, 0.1) is 0 Å². The highest BCUT2D eigenvalue weighted by Crippen LogP contribution is 2.39. The predicted octanol–water partition coefficient (Wildman–Crippen LogP) is 4.37. The molecule has 2 heterocycles. The van der Waals surface area contributed by atoms with Crippen LogP contribution in [0.1, 0.15) is 72.6 Å². The Balaban J connectivity index is 1.55. The molecule has 3 aliphatic rings. The van der Waals surface area contributed by atoms with E-state index in [2.05, 4.69) is 44.0 Å². The Labute approximate surface area is 137 Å². The zero-order valence-corrected chi connectivity index (χ0v) is 15.3. The van der Waals surface area contributed by atoms with E-state index in [0.717, 1.165) is 11.8 Å². The summed E-state index contributed by atoms with van der Waals surface area (Å²) in [6.45, 7) is 13.5. The first-order valence-corrected chi connectivity index (χ1v) is 9.55. The molecule has 0 aromatic rings. The summed E-state index contributed by atoms with van der Waals surface area (Å²) >= 11 is 0. The molecular weight excluding hydrogens is 268 g/mol. The van der Waals surface area contributed by atoms with Crippen molar-refractivity contribution in [3.05, 3.63) is 11.6 Å². The molecule has 2 bridgehead atoms. The number of piperidine rings is 2. The summed E-state index contributed by atoms with van der Waals surface area (Å²) in [4.78, 5) is 2.80. The first kappa shape index (κ1) is 16.5. The van der Waals surface area contributed by atoms with Gasteiger partial charge in [-0.05, 0) is 97.6 Å². The molecule has 0 radical (unpaired) electrons. The zero-order chi connectivity index (χ0) is 15.8. The molecular formula is C20H36N2. The van der Waals surface area contributed by atoms with Crippen LogP contribution < -0.4 is 5.32 Å². The maximum Gasteiger partial charge on any atom is 0.0158 e. The van der Waals surface area contributed by atoms with Gasteiger partial charge in [-0.15, -0.1) is 0 Å². The average molecular weight is 305 g/mol. The van der Waals surface area contributed by atoms with Crippen LogP contribution in [0.3, 0.4) is 0 Å². The molecule has 22 heavy (non-hydrogen) atoms. The van der Waals surface area contributed by atoms with Crippen LogP contribution >= 0.6 is 0 Å². The van der Waals surface area contributed by atoms with Gasteiger partial charge >= 0.3 is 0 Å². The van der Waals surface area contributed by atoms with Crippen molar-refractivity contribution < 1.29 is 0 Å². The van der Waals surface area contributed by atoms with Gasteiger partial charge in [-0.2, -0.15) is 0 Å². The number of nitrogens with zero attached hydrogens (tertiary/aromatic N) is 1. The van der Waals surface area contributed by atoms with Crippen LogP contribution in [0.15, 0.2) is 11.6 Å². The van der Waals surface area contributed by atoms with Crippen molar-refractivity contribution in [2.24, 2.45) is 11.8 Å². The SMILES string of the molecule is CC1(C)CCCC(C)(C)N1CCCC1=CC2CNCC(C1)C2. The van der Waals surface area contributed by atoms with Gasteiger partial charge in [-0.25, -0.2) is 0 Å². The van der Waals surface area contributed by atoms with Crippen molar-refractivity contribution in [3.63, 3.8) is 0 Å². The van der Waals surface area contributed by atoms with Crippen LogP contribution in [0.5, 0.6) is 0 Å². The van der Waals surface area contributed by atoms with Crippen LogP contribution in [-0.4, -0.2) is 35.6 Å². The Hall–Kier alpha value is -0.340. The second kappa shape index (κ2) is 6.28. The summed E-state index contributed by atoms with van der Waals surface area (Å²) in [6, 6.07) is 0. The molecule has 126 valence electrons. The Kier molecular flexibility index (Phi) is 4.71. The van der Waals surface area contributed by atoms with Gasteiger partial charge < -0.3 is 5.32 Å². The predicted molar refractivity (Wildman–Crippen MR) is 95.1 cm³/mol. The van der Waals surface area contributed by atoms with Gasteiger partial charge in [0, 0.05) is 17.6 Å². The monoisotopic (exact) mass is 304 g/mol. The maximum absolute atomic E-state index is 3.58. The van der Waals surface area contributed by atoms with Gasteiger partial charge in [0.1, 0.15) is 0 Å². The standard InChI is InChI=1S/C20H36N2/c1-19(2)8-6-9-20(3,4)22(19)10-5-7-16-11-17-13-18(12-16)15-21-14-17/h11,17-18,21H,5-10,12-15H2,1-4H3. The highest BCUT2D eigenvalue weighted by Gasteiger charge is 2.40. The quantitative estimate of drug-likeness (QED) is 0.776. The van der Waals surface area contributed by atoms with E-state index in [1.807, 2.05) is 0 Å². The van der Waals surface area contributed by atoms with E-state index in [4.69, 9.17) is 0 Å². The molecule has 2 aliphatic heterocycles. The number of fused-ring (bicyclic) bond motifs is 2. The van der Waals surface area contributed by atoms with Gasteiger partial charge in [-0.3, -0.25) is 4.90 Å². The summed E-state index contributed by atoms with van der Waals surface area (Å²) in [5.74, 6) is 1.74. The molecule has 0 saturated carbocycles. The summed E-state index contributed by atoms with van der Waals surface area (Å²) in [5.41, 5.74) is 2.52. The van der Waals surface area contributed by atoms with E-state index in [0.29, 0.717) is 11.1 Å². The fourth-order valence-corrected chi connectivity index (χ4v) is 5.42. The molecule has 0 aromatic heterocycles.